The molecule has 2 rings (SSSR count). The molecule has 0 aromatic carbocycles. The van der Waals surface area contributed by atoms with Crippen LogP contribution in [0.4, 0.5) is 0 Å². The molecule has 1 fully saturated rings. The van der Waals surface area contributed by atoms with Crippen LogP contribution in [0.1, 0.15) is 23.9 Å². The van der Waals surface area contributed by atoms with Crippen molar-refractivity contribution in [2.45, 2.75) is 32.8 Å². The molecule has 1 aliphatic rings. The summed E-state index contributed by atoms with van der Waals surface area (Å²) in [5, 5.41) is 15.5. The summed E-state index contributed by atoms with van der Waals surface area (Å²) in [5.41, 5.74) is 2.12. The van der Waals surface area contributed by atoms with E-state index in [1.54, 1.807) is 4.90 Å². The van der Waals surface area contributed by atoms with E-state index in [-0.39, 0.29) is 12.5 Å². The number of ether oxygens (including phenoxy) is 1. The van der Waals surface area contributed by atoms with Gasteiger partial charge in [-0.3, -0.25) is 9.89 Å². The summed E-state index contributed by atoms with van der Waals surface area (Å²) in [7, 11) is 0. The largest absolute Gasteiger partial charge is 0.480 e. The van der Waals surface area contributed by atoms with Gasteiger partial charge in [-0.05, 0) is 20.8 Å². The molecule has 1 saturated heterocycles. The zero-order chi connectivity index (χ0) is 14.9. The SMILES string of the molecule is Cc1n[nH]c(C)c1CC(=O)N1CC(C)(OCC(=O)O)C1. The number of carbonyl (C=O) groups excluding carboxylic acids is 1. The van der Waals surface area contributed by atoms with Gasteiger partial charge in [-0.15, -0.1) is 0 Å². The molecular formula is C13H19N3O4. The van der Waals surface area contributed by atoms with Crippen molar-refractivity contribution < 1.29 is 19.4 Å². The molecule has 1 amide bonds. The molecule has 0 aliphatic carbocycles. The van der Waals surface area contributed by atoms with E-state index in [1.165, 1.54) is 0 Å². The summed E-state index contributed by atoms with van der Waals surface area (Å²) >= 11 is 0. The molecule has 0 saturated carbocycles. The van der Waals surface area contributed by atoms with E-state index >= 15 is 0 Å². The highest BCUT2D eigenvalue weighted by Gasteiger charge is 2.42. The number of aliphatic carboxylic acids is 1. The second-order valence-corrected chi connectivity index (χ2v) is 5.47. The maximum absolute atomic E-state index is 12.1. The van der Waals surface area contributed by atoms with E-state index in [1.807, 2.05) is 20.8 Å². The molecule has 0 unspecified atom stereocenters. The monoisotopic (exact) mass is 281 g/mol. The van der Waals surface area contributed by atoms with Crippen LogP contribution in [0.2, 0.25) is 0 Å². The van der Waals surface area contributed by atoms with E-state index in [2.05, 4.69) is 10.2 Å². The van der Waals surface area contributed by atoms with Gasteiger partial charge in [0.05, 0.1) is 25.2 Å². The average molecular weight is 281 g/mol. The lowest BCUT2D eigenvalue weighted by atomic mass is 9.95. The minimum absolute atomic E-state index is 0.00833. The molecular weight excluding hydrogens is 262 g/mol. The number of carbonyl (C=O) groups is 2. The Hall–Kier alpha value is -1.89. The van der Waals surface area contributed by atoms with Gasteiger partial charge in [-0.25, -0.2) is 4.79 Å². The maximum Gasteiger partial charge on any atom is 0.329 e. The van der Waals surface area contributed by atoms with Crippen LogP contribution < -0.4 is 0 Å². The first-order valence-corrected chi connectivity index (χ1v) is 6.45. The Labute approximate surface area is 116 Å². The highest BCUT2D eigenvalue weighted by atomic mass is 16.5. The van der Waals surface area contributed by atoms with Gasteiger partial charge in [0.2, 0.25) is 5.91 Å². The number of nitrogens with zero attached hydrogens (tertiary/aromatic N) is 2. The first-order chi connectivity index (χ1) is 9.31. The molecule has 1 aliphatic heterocycles. The Morgan fingerprint density at radius 3 is 2.60 bits per heavy atom. The maximum atomic E-state index is 12.1. The number of rotatable bonds is 5. The zero-order valence-corrected chi connectivity index (χ0v) is 11.9. The van der Waals surface area contributed by atoms with Gasteiger partial charge in [0.25, 0.3) is 0 Å². The van der Waals surface area contributed by atoms with Crippen molar-refractivity contribution in [3.8, 4) is 0 Å². The number of carboxylic acids is 1. The Kier molecular flexibility index (Phi) is 3.80. The first kappa shape index (κ1) is 14.5. The van der Waals surface area contributed by atoms with Gasteiger partial charge >= 0.3 is 5.97 Å². The number of H-pyrrole nitrogens is 1. The lowest BCUT2D eigenvalue weighted by Crippen LogP contribution is -2.63. The number of aryl methyl sites for hydroxylation is 2. The predicted octanol–water partition coefficient (Wildman–Crippen LogP) is 0.271. The van der Waals surface area contributed by atoms with Crippen LogP contribution in [0.5, 0.6) is 0 Å². The second-order valence-electron chi connectivity index (χ2n) is 5.47. The van der Waals surface area contributed by atoms with Gasteiger partial charge in [0, 0.05) is 11.3 Å². The topological polar surface area (TPSA) is 95.5 Å². The van der Waals surface area contributed by atoms with Gasteiger partial charge in [0.1, 0.15) is 12.2 Å². The quantitative estimate of drug-likeness (QED) is 0.807. The summed E-state index contributed by atoms with van der Waals surface area (Å²) in [5.74, 6) is -0.991. The molecule has 1 aromatic heterocycles. The highest BCUT2D eigenvalue weighted by Crippen LogP contribution is 2.25. The standard InChI is InChI=1S/C13H19N3O4/c1-8-10(9(2)15-14-8)4-11(17)16-6-13(3,7-16)20-5-12(18)19/h4-7H2,1-3H3,(H,14,15)(H,18,19). The summed E-state index contributed by atoms with van der Waals surface area (Å²) in [6.07, 6.45) is 0.309. The smallest absolute Gasteiger partial charge is 0.329 e. The number of aromatic amines is 1. The second kappa shape index (κ2) is 5.24. The lowest BCUT2D eigenvalue weighted by Gasteiger charge is -2.47. The Morgan fingerprint density at radius 2 is 2.10 bits per heavy atom. The van der Waals surface area contributed by atoms with Gasteiger partial charge in [-0.2, -0.15) is 5.10 Å². The van der Waals surface area contributed by atoms with Crippen molar-refractivity contribution in [2.24, 2.45) is 0 Å². The fraction of sp³-hybridized carbons (Fsp3) is 0.615. The molecule has 2 heterocycles. The minimum Gasteiger partial charge on any atom is -0.480 e. The van der Waals surface area contributed by atoms with Crippen molar-refractivity contribution in [1.82, 2.24) is 15.1 Å². The minimum atomic E-state index is -0.999. The number of hydrogen-bond acceptors (Lipinski definition) is 4. The summed E-state index contributed by atoms with van der Waals surface area (Å²) in [6.45, 7) is 6.08. The third-order valence-electron chi connectivity index (χ3n) is 3.56. The van der Waals surface area contributed by atoms with E-state index in [4.69, 9.17) is 9.84 Å². The van der Waals surface area contributed by atoms with Crippen LogP contribution in [0, 0.1) is 13.8 Å². The van der Waals surface area contributed by atoms with Crippen LogP contribution in [0.15, 0.2) is 0 Å². The zero-order valence-electron chi connectivity index (χ0n) is 11.9. The molecule has 0 bridgehead atoms. The first-order valence-electron chi connectivity index (χ1n) is 6.45. The van der Waals surface area contributed by atoms with Crippen molar-refractivity contribution in [2.75, 3.05) is 19.7 Å². The van der Waals surface area contributed by atoms with Crippen molar-refractivity contribution in [3.05, 3.63) is 17.0 Å². The van der Waals surface area contributed by atoms with Crippen LogP contribution >= 0.6 is 0 Å². The van der Waals surface area contributed by atoms with Crippen LogP contribution in [-0.4, -0.2) is 57.4 Å². The Balaban J connectivity index is 1.86. The fourth-order valence-electron chi connectivity index (χ4n) is 2.36. The summed E-state index contributed by atoms with van der Waals surface area (Å²) in [4.78, 5) is 24.3. The van der Waals surface area contributed by atoms with Crippen LogP contribution in [-0.2, 0) is 20.7 Å². The third-order valence-corrected chi connectivity index (χ3v) is 3.56. The van der Waals surface area contributed by atoms with Gasteiger partial charge < -0.3 is 14.7 Å². The van der Waals surface area contributed by atoms with Gasteiger partial charge in [-0.1, -0.05) is 0 Å². The number of likely N-dealkylation sites (tertiary alicyclic amines) is 1. The van der Waals surface area contributed by atoms with Crippen LogP contribution in [0.3, 0.4) is 0 Å². The Morgan fingerprint density at radius 1 is 1.45 bits per heavy atom. The van der Waals surface area contributed by atoms with Crippen molar-refractivity contribution in [3.63, 3.8) is 0 Å². The van der Waals surface area contributed by atoms with E-state index in [0.717, 1.165) is 17.0 Å². The number of hydrogen-bond donors (Lipinski definition) is 2. The number of aromatic nitrogens is 2. The number of nitrogens with one attached hydrogen (secondary N) is 1. The van der Waals surface area contributed by atoms with Crippen molar-refractivity contribution in [1.29, 1.82) is 0 Å². The van der Waals surface area contributed by atoms with Crippen molar-refractivity contribution >= 4 is 11.9 Å². The highest BCUT2D eigenvalue weighted by molar-refractivity contribution is 5.80. The van der Waals surface area contributed by atoms with Gasteiger partial charge in [0.15, 0.2) is 0 Å². The Bertz CT molecular complexity index is 512. The number of carboxylic acid groups (broad SMARTS) is 1. The lowest BCUT2D eigenvalue weighted by molar-refractivity contribution is -0.172. The molecule has 0 atom stereocenters. The van der Waals surface area contributed by atoms with E-state index in [0.29, 0.717) is 19.5 Å². The molecule has 0 radical (unpaired) electrons. The molecule has 1 aromatic rings. The molecule has 2 N–H and O–H groups in total. The molecule has 20 heavy (non-hydrogen) atoms. The summed E-state index contributed by atoms with van der Waals surface area (Å²) in [6, 6.07) is 0. The molecule has 0 spiro atoms. The third kappa shape index (κ3) is 2.98. The molecule has 7 nitrogen and oxygen atoms in total. The van der Waals surface area contributed by atoms with E-state index < -0.39 is 11.6 Å². The molecule has 110 valence electrons. The number of amides is 1. The molecule has 7 heteroatoms. The summed E-state index contributed by atoms with van der Waals surface area (Å²) < 4.78 is 5.28. The normalized spacial score (nSPS) is 16.9. The predicted molar refractivity (Wildman–Crippen MR) is 70.3 cm³/mol. The average Bonchev–Trinajstić information content (AvgIpc) is 2.64. The van der Waals surface area contributed by atoms with E-state index in [9.17, 15) is 9.59 Å². The fourth-order valence-corrected chi connectivity index (χ4v) is 2.36. The van der Waals surface area contributed by atoms with Crippen LogP contribution in [0.25, 0.3) is 0 Å².